The highest BCUT2D eigenvalue weighted by Gasteiger charge is 2.28. The Morgan fingerprint density at radius 3 is 2.92 bits per heavy atom. The summed E-state index contributed by atoms with van der Waals surface area (Å²) in [6.45, 7) is 4.01. The van der Waals surface area contributed by atoms with Crippen molar-refractivity contribution in [2.75, 3.05) is 19.6 Å². The summed E-state index contributed by atoms with van der Waals surface area (Å²) in [6, 6.07) is 7.66. The quantitative estimate of drug-likeness (QED) is 0.841. The number of amides is 1. The molecule has 1 atom stereocenters. The van der Waals surface area contributed by atoms with Crippen LogP contribution in [0.1, 0.15) is 29.3 Å². The minimum Gasteiger partial charge on any atom is -0.344 e. The molecular formula is C17H20Cl3N3O2. The van der Waals surface area contributed by atoms with Crippen LogP contribution in [-0.4, -0.2) is 35.6 Å². The van der Waals surface area contributed by atoms with E-state index in [1.807, 2.05) is 36.1 Å². The summed E-state index contributed by atoms with van der Waals surface area (Å²) >= 11 is 12.1. The van der Waals surface area contributed by atoms with E-state index in [4.69, 9.17) is 27.7 Å². The summed E-state index contributed by atoms with van der Waals surface area (Å²) in [7, 11) is 0. The van der Waals surface area contributed by atoms with Crippen molar-refractivity contribution in [2.24, 2.45) is 0 Å². The van der Waals surface area contributed by atoms with Gasteiger partial charge in [-0.3, -0.25) is 4.79 Å². The number of nitrogens with zero attached hydrogens (tertiary/aromatic N) is 2. The van der Waals surface area contributed by atoms with E-state index in [1.165, 1.54) is 0 Å². The van der Waals surface area contributed by atoms with Gasteiger partial charge in [0.25, 0.3) is 0 Å². The van der Waals surface area contributed by atoms with Crippen molar-refractivity contribution in [1.29, 1.82) is 0 Å². The predicted molar refractivity (Wildman–Crippen MR) is 101 cm³/mol. The van der Waals surface area contributed by atoms with Crippen molar-refractivity contribution in [2.45, 2.75) is 25.8 Å². The van der Waals surface area contributed by atoms with Crippen LogP contribution in [0.5, 0.6) is 0 Å². The van der Waals surface area contributed by atoms with Gasteiger partial charge in [0, 0.05) is 36.6 Å². The van der Waals surface area contributed by atoms with E-state index in [-0.39, 0.29) is 29.6 Å². The van der Waals surface area contributed by atoms with Gasteiger partial charge < -0.3 is 14.7 Å². The average molecular weight is 405 g/mol. The number of piperazine rings is 1. The maximum absolute atomic E-state index is 12.8. The summed E-state index contributed by atoms with van der Waals surface area (Å²) in [4.78, 5) is 14.7. The minimum atomic E-state index is -0.0102. The number of benzene rings is 1. The van der Waals surface area contributed by atoms with Crippen LogP contribution in [0.3, 0.4) is 0 Å². The zero-order valence-electron chi connectivity index (χ0n) is 13.8. The molecule has 0 radical (unpaired) electrons. The molecule has 2 aromatic rings. The Morgan fingerprint density at radius 2 is 2.24 bits per heavy atom. The number of hydrogen-bond acceptors (Lipinski definition) is 4. The number of carbonyl (C=O) groups is 1. The smallest absolute Gasteiger partial charge is 0.229 e. The van der Waals surface area contributed by atoms with E-state index in [0.29, 0.717) is 24.4 Å². The molecule has 0 spiro atoms. The fraction of sp³-hybridized carbons (Fsp3) is 0.412. The molecule has 0 saturated carbocycles. The Hall–Kier alpha value is -1.27. The lowest BCUT2D eigenvalue weighted by Gasteiger charge is -2.36. The Morgan fingerprint density at radius 1 is 1.44 bits per heavy atom. The Labute approximate surface area is 163 Å². The van der Waals surface area contributed by atoms with E-state index in [2.05, 4.69) is 10.5 Å². The summed E-state index contributed by atoms with van der Waals surface area (Å²) < 4.78 is 4.94. The van der Waals surface area contributed by atoms with Gasteiger partial charge in [0.15, 0.2) is 0 Å². The summed E-state index contributed by atoms with van der Waals surface area (Å²) in [5, 5.41) is 8.11. The molecule has 3 rings (SSSR count). The summed E-state index contributed by atoms with van der Waals surface area (Å²) in [5.41, 5.74) is 2.58. The number of hydrogen-bond donors (Lipinski definition) is 1. The fourth-order valence-electron chi connectivity index (χ4n) is 3.03. The maximum Gasteiger partial charge on any atom is 0.229 e. The standard InChI is InChI=1S/C17H19Cl2N3O2.ClH/c1-11-14(17(19)24-21-11)5-6-16(23)22-8-7-20-10-15(22)12-3-2-4-13(18)9-12;/h2-4,9,15,20H,5-8,10H2,1H3;1H. The first-order chi connectivity index (χ1) is 11.6. The van der Waals surface area contributed by atoms with E-state index in [9.17, 15) is 4.79 Å². The first kappa shape index (κ1) is 20.0. The number of aromatic nitrogens is 1. The fourth-order valence-corrected chi connectivity index (χ4v) is 3.49. The van der Waals surface area contributed by atoms with Crippen molar-refractivity contribution in [3.05, 3.63) is 51.3 Å². The SMILES string of the molecule is Cc1noc(Cl)c1CCC(=O)N1CCNCC1c1cccc(Cl)c1.Cl. The van der Waals surface area contributed by atoms with Crippen LogP contribution in [0.15, 0.2) is 28.8 Å². The summed E-state index contributed by atoms with van der Waals surface area (Å²) in [6.07, 6.45) is 0.901. The molecule has 1 N–H and O–H groups in total. The van der Waals surface area contributed by atoms with Crippen molar-refractivity contribution in [1.82, 2.24) is 15.4 Å². The molecular weight excluding hydrogens is 385 g/mol. The van der Waals surface area contributed by atoms with Gasteiger partial charge in [-0.1, -0.05) is 28.9 Å². The van der Waals surface area contributed by atoms with Gasteiger partial charge in [0.1, 0.15) is 0 Å². The highest BCUT2D eigenvalue weighted by atomic mass is 35.5. The van der Waals surface area contributed by atoms with Gasteiger partial charge >= 0.3 is 0 Å². The number of aryl methyl sites for hydroxylation is 1. The molecule has 1 aromatic carbocycles. The second-order valence-corrected chi connectivity index (χ2v) is 6.66. The second-order valence-electron chi connectivity index (χ2n) is 5.88. The lowest BCUT2D eigenvalue weighted by atomic mass is 10.0. The molecule has 8 heteroatoms. The molecule has 1 amide bonds. The van der Waals surface area contributed by atoms with Gasteiger partial charge in [-0.25, -0.2) is 0 Å². The van der Waals surface area contributed by atoms with Crippen molar-refractivity contribution in [3.8, 4) is 0 Å². The van der Waals surface area contributed by atoms with Gasteiger partial charge in [0.2, 0.25) is 11.1 Å². The Balaban J connectivity index is 0.00000225. The number of carbonyl (C=O) groups excluding carboxylic acids is 1. The van der Waals surface area contributed by atoms with Crippen LogP contribution in [0.4, 0.5) is 0 Å². The maximum atomic E-state index is 12.8. The largest absolute Gasteiger partial charge is 0.344 e. The van der Waals surface area contributed by atoms with E-state index < -0.39 is 0 Å². The van der Waals surface area contributed by atoms with Crippen molar-refractivity contribution in [3.63, 3.8) is 0 Å². The van der Waals surface area contributed by atoms with Crippen molar-refractivity contribution < 1.29 is 9.32 Å². The molecule has 1 aromatic heterocycles. The van der Waals surface area contributed by atoms with Gasteiger partial charge in [-0.15, -0.1) is 12.4 Å². The second kappa shape index (κ2) is 8.90. The van der Waals surface area contributed by atoms with Gasteiger partial charge in [0.05, 0.1) is 11.7 Å². The molecule has 1 fully saturated rings. The number of halogens is 3. The zero-order chi connectivity index (χ0) is 17.1. The molecule has 1 aliphatic heterocycles. The topological polar surface area (TPSA) is 58.4 Å². The third-order valence-electron chi connectivity index (χ3n) is 4.32. The first-order valence-electron chi connectivity index (χ1n) is 7.92. The monoisotopic (exact) mass is 403 g/mol. The molecule has 0 bridgehead atoms. The normalized spacial score (nSPS) is 17.2. The molecule has 5 nitrogen and oxygen atoms in total. The zero-order valence-corrected chi connectivity index (χ0v) is 16.1. The van der Waals surface area contributed by atoms with Crippen LogP contribution in [-0.2, 0) is 11.2 Å². The van der Waals surface area contributed by atoms with E-state index in [1.54, 1.807) is 0 Å². The highest BCUT2D eigenvalue weighted by molar-refractivity contribution is 6.30. The van der Waals surface area contributed by atoms with E-state index in [0.717, 1.165) is 29.9 Å². The van der Waals surface area contributed by atoms with E-state index >= 15 is 0 Å². The minimum absolute atomic E-state index is 0. The van der Waals surface area contributed by atoms with Crippen LogP contribution in [0, 0.1) is 6.92 Å². The Kier molecular flexibility index (Phi) is 7.14. The Bertz CT molecular complexity index is 716. The van der Waals surface area contributed by atoms with Crippen LogP contribution < -0.4 is 5.32 Å². The molecule has 1 saturated heterocycles. The van der Waals surface area contributed by atoms with Crippen molar-refractivity contribution >= 4 is 41.5 Å². The summed E-state index contributed by atoms with van der Waals surface area (Å²) in [5.74, 6) is 0.0955. The van der Waals surface area contributed by atoms with Crippen LogP contribution >= 0.6 is 35.6 Å². The molecule has 0 aliphatic carbocycles. The molecule has 1 aliphatic rings. The van der Waals surface area contributed by atoms with Gasteiger partial charge in [-0.05, 0) is 42.6 Å². The molecule has 1 unspecified atom stereocenters. The lowest BCUT2D eigenvalue weighted by molar-refractivity contribution is -0.134. The average Bonchev–Trinajstić information content (AvgIpc) is 2.91. The number of nitrogens with one attached hydrogen (secondary N) is 1. The molecule has 2 heterocycles. The molecule has 136 valence electrons. The third-order valence-corrected chi connectivity index (χ3v) is 4.85. The van der Waals surface area contributed by atoms with Crippen LogP contribution in [0.2, 0.25) is 10.2 Å². The third kappa shape index (κ3) is 4.67. The van der Waals surface area contributed by atoms with Gasteiger partial charge in [-0.2, -0.15) is 0 Å². The predicted octanol–water partition coefficient (Wildman–Crippen LogP) is 3.82. The van der Waals surface area contributed by atoms with Crippen LogP contribution in [0.25, 0.3) is 0 Å². The molecule has 25 heavy (non-hydrogen) atoms. The number of rotatable bonds is 4. The lowest BCUT2D eigenvalue weighted by Crippen LogP contribution is -2.48. The highest BCUT2D eigenvalue weighted by Crippen LogP contribution is 2.26. The first-order valence-corrected chi connectivity index (χ1v) is 8.68.